The van der Waals surface area contributed by atoms with Crippen LogP contribution in [0.4, 0.5) is 35.7 Å². The maximum absolute atomic E-state index is 13.5. The Morgan fingerprint density at radius 3 is 0.790 bits per heavy atom. The van der Waals surface area contributed by atoms with Gasteiger partial charge >= 0.3 is 133 Å². The second kappa shape index (κ2) is 29.6. The van der Waals surface area contributed by atoms with Gasteiger partial charge in [0.2, 0.25) is 0 Å². The van der Waals surface area contributed by atoms with E-state index in [0.717, 1.165) is 35.4 Å². The fourth-order valence-electron chi connectivity index (χ4n) is 4.54. The fraction of sp³-hybridized carbons (Fsp3) is 0.250. The Kier molecular flexibility index (Phi) is 31.4. The minimum absolute atomic E-state index is 0. The van der Waals surface area contributed by atoms with Crippen LogP contribution in [0.2, 0.25) is 0 Å². The van der Waals surface area contributed by atoms with Crippen molar-refractivity contribution in [1.29, 1.82) is 0 Å². The van der Waals surface area contributed by atoms with Gasteiger partial charge in [-0.3, -0.25) is 9.13 Å². The predicted octanol–water partition coefficient (Wildman–Crippen LogP) is -2.83. The molecule has 0 atom stereocenters. The number of thioether (sulfide) groups is 2. The molecule has 0 unspecified atom stereocenters. The van der Waals surface area contributed by atoms with E-state index in [2.05, 4.69) is 18.9 Å². The Balaban J connectivity index is 0. The van der Waals surface area contributed by atoms with Crippen molar-refractivity contribution in [2.75, 3.05) is 0 Å². The molecule has 4 rings (SSSR count). The molecule has 0 aliphatic rings. The molecule has 0 saturated heterocycles. The van der Waals surface area contributed by atoms with Crippen LogP contribution >= 0.6 is 53.9 Å². The molecule has 4 aromatic carbocycles. The molecule has 0 aliphatic heterocycles. The summed E-state index contributed by atoms with van der Waals surface area (Å²) in [7, 11) is -21.1. The molecule has 0 aromatic heterocycles. The summed E-state index contributed by atoms with van der Waals surface area (Å²) in [5.41, 5.74) is -7.10. The van der Waals surface area contributed by atoms with Gasteiger partial charge in [-0.05, 0) is 51.5 Å². The molecular formula is C32H28F8Na4O12P4S2. The number of halogens is 8. The molecule has 0 bridgehead atoms. The molecule has 0 amide bonds. The third-order valence-corrected chi connectivity index (χ3v) is 14.0. The molecule has 0 saturated carbocycles. The van der Waals surface area contributed by atoms with Crippen LogP contribution in [-0.4, -0.2) is 0 Å². The Hall–Kier alpha value is 1.62. The van der Waals surface area contributed by atoms with Crippen molar-refractivity contribution in [3.05, 3.63) is 142 Å². The van der Waals surface area contributed by atoms with Crippen LogP contribution in [0.1, 0.15) is 44.5 Å². The van der Waals surface area contributed by atoms with E-state index in [1.54, 1.807) is 24.3 Å². The van der Waals surface area contributed by atoms with Gasteiger partial charge in [0.05, 0.1) is 12.3 Å². The largest absolute Gasteiger partial charge is 1.00 e. The van der Waals surface area contributed by atoms with Gasteiger partial charge in [0, 0.05) is 49.3 Å². The summed E-state index contributed by atoms with van der Waals surface area (Å²) in [4.78, 5) is 42.6. The van der Waals surface area contributed by atoms with Gasteiger partial charge in [-0.1, -0.05) is 97.1 Å². The Bertz CT molecular complexity index is 1970. The molecular weight excluding hydrogens is 1010 g/mol. The quantitative estimate of drug-likeness (QED) is 0.0499. The summed E-state index contributed by atoms with van der Waals surface area (Å²) >= 11 is 2.83. The molecule has 12 nitrogen and oxygen atoms in total. The Morgan fingerprint density at radius 2 is 0.597 bits per heavy atom. The second-order valence-corrected chi connectivity index (χ2v) is 20.6. The van der Waals surface area contributed by atoms with E-state index < -0.39 is 65.2 Å². The number of rotatable bonds is 20. The topological polar surface area (TPSA) is 197 Å². The number of hydrogen-bond acceptors (Lipinski definition) is 14. The second-order valence-electron chi connectivity index (χ2n) is 11.9. The molecule has 0 N–H and O–H groups in total. The van der Waals surface area contributed by atoms with Gasteiger partial charge < -0.3 is 28.7 Å². The number of benzene rings is 4. The minimum atomic E-state index is -6.10. The van der Waals surface area contributed by atoms with Crippen molar-refractivity contribution in [3.63, 3.8) is 0 Å². The van der Waals surface area contributed by atoms with Crippen molar-refractivity contribution in [2.24, 2.45) is 0 Å². The van der Waals surface area contributed by atoms with Crippen LogP contribution in [0.15, 0.2) is 97.1 Å². The first-order valence-electron chi connectivity index (χ1n) is 15.7. The van der Waals surface area contributed by atoms with Crippen LogP contribution in [-0.2, 0) is 83.8 Å². The van der Waals surface area contributed by atoms with Gasteiger partial charge in [-0.2, -0.15) is 41.1 Å². The van der Waals surface area contributed by atoms with Gasteiger partial charge in [-0.25, -0.2) is 0 Å². The summed E-state index contributed by atoms with van der Waals surface area (Å²) in [6.45, 7) is 0. The van der Waals surface area contributed by atoms with Crippen molar-refractivity contribution < 1.29 is 211 Å². The van der Waals surface area contributed by atoms with Crippen molar-refractivity contribution in [2.45, 2.75) is 46.7 Å². The van der Waals surface area contributed by atoms with E-state index in [-0.39, 0.29) is 118 Å². The van der Waals surface area contributed by atoms with Crippen LogP contribution in [0.25, 0.3) is 0 Å². The molecule has 0 spiro atoms. The van der Waals surface area contributed by atoms with Gasteiger partial charge in [0.25, 0.3) is 11.3 Å². The van der Waals surface area contributed by atoms with Gasteiger partial charge in [0.1, 0.15) is 0 Å². The van der Waals surface area contributed by atoms with Gasteiger partial charge in [-0.15, -0.1) is 18.9 Å². The third-order valence-electron chi connectivity index (χ3n) is 7.58. The zero-order valence-corrected chi connectivity index (χ0v) is 46.2. The first-order chi connectivity index (χ1) is 27.0. The van der Waals surface area contributed by atoms with E-state index in [1.165, 1.54) is 72.1 Å². The van der Waals surface area contributed by atoms with E-state index in [4.69, 9.17) is 0 Å². The molecule has 0 heterocycles. The summed E-state index contributed by atoms with van der Waals surface area (Å²) < 4.78 is 158. The summed E-state index contributed by atoms with van der Waals surface area (Å²) in [5.74, 6) is 1.85. The van der Waals surface area contributed by atoms with E-state index in [9.17, 15) is 73.5 Å². The molecule has 30 heteroatoms. The molecule has 4 aromatic rings. The van der Waals surface area contributed by atoms with Crippen molar-refractivity contribution in [3.8, 4) is 0 Å². The first-order valence-corrected chi connectivity index (χ1v) is 24.6. The fourth-order valence-corrected chi connectivity index (χ4v) is 8.94. The van der Waals surface area contributed by atoms with Crippen molar-refractivity contribution in [1.82, 2.24) is 0 Å². The normalized spacial score (nSPS) is 12.1. The maximum atomic E-state index is 13.5. The number of hydrogen-bond donors (Lipinski definition) is 0. The van der Waals surface area contributed by atoms with Gasteiger partial charge in [0.15, 0.2) is 0 Å². The number of alkyl halides is 4. The first kappa shape index (κ1) is 65.7. The average Bonchev–Trinajstić information content (AvgIpc) is 3.19. The SMILES string of the molecule is O=P(Cc1ccc(CSCc2ccc(C(F)(F)P(=O)([O-])[O-])cc2)cc1)(OF)OF.O=P(Cc1ccc(CSCc2ccc(C(F)(F)P(=O)([O-])[O-])cc2)cc1)(OF)OF.[Na+].[Na+].[Na+].[Na+]. The molecule has 0 radical (unpaired) electrons. The average molecular weight is 1040 g/mol. The monoisotopic (exact) mass is 1040 g/mol. The van der Waals surface area contributed by atoms with Crippen LogP contribution in [0, 0.1) is 0 Å². The maximum Gasteiger partial charge on any atom is 1.00 e. The Morgan fingerprint density at radius 1 is 0.403 bits per heavy atom. The van der Waals surface area contributed by atoms with Crippen molar-refractivity contribution >= 4 is 53.9 Å². The minimum Gasteiger partial charge on any atom is -0.806 e. The summed E-state index contributed by atoms with van der Waals surface area (Å²) in [6, 6.07) is 21.4. The molecule has 320 valence electrons. The van der Waals surface area contributed by atoms with E-state index in [1.807, 2.05) is 0 Å². The molecule has 0 fully saturated rings. The predicted molar refractivity (Wildman–Crippen MR) is 190 cm³/mol. The van der Waals surface area contributed by atoms with E-state index in [0.29, 0.717) is 45.3 Å². The van der Waals surface area contributed by atoms with Crippen LogP contribution in [0.3, 0.4) is 0 Å². The van der Waals surface area contributed by atoms with Crippen LogP contribution in [0.5, 0.6) is 0 Å². The third kappa shape index (κ3) is 20.3. The summed E-state index contributed by atoms with van der Waals surface area (Å²) in [5, 5.41) is 0. The van der Waals surface area contributed by atoms with Crippen LogP contribution < -0.4 is 138 Å². The van der Waals surface area contributed by atoms with E-state index >= 15 is 0 Å². The smallest absolute Gasteiger partial charge is 0.806 e. The zero-order chi connectivity index (χ0) is 43.4. The molecule has 62 heavy (non-hydrogen) atoms. The molecule has 0 aliphatic carbocycles. The summed E-state index contributed by atoms with van der Waals surface area (Å²) in [6.07, 6.45) is -1.16. The standard InChI is InChI=1S/2C16H16F4O6P2S.4Na/c2*17-16(18,28(22,23)24)15-7-5-14(6-8-15)11-29-10-13-3-1-12(2-4-13)9-27(21,25-19)26-20;;;;/h2*1-8H,9-11H2,(H2,22,23,24);;;;/q;;4*+1/p-4. The zero-order valence-electron chi connectivity index (χ0n) is 33.0. The Labute approximate surface area is 447 Å².